The molecule has 0 radical (unpaired) electrons. The normalized spacial score (nSPS) is 33.8. The van der Waals surface area contributed by atoms with Gasteiger partial charge >= 0.3 is 5.97 Å². The first-order valence-electron chi connectivity index (χ1n) is 7.50. The first kappa shape index (κ1) is 14.5. The summed E-state index contributed by atoms with van der Waals surface area (Å²) >= 11 is 0. The zero-order valence-corrected chi connectivity index (χ0v) is 12.5. The zero-order chi connectivity index (χ0) is 15.0. The molecular formula is C17H22O4. The minimum absolute atomic E-state index is 0.00737. The molecular weight excluding hydrogens is 268 g/mol. The summed E-state index contributed by atoms with van der Waals surface area (Å²) in [5, 5.41) is 9.54. The third-order valence-electron chi connectivity index (χ3n) is 4.90. The molecule has 0 bridgehead atoms. The predicted molar refractivity (Wildman–Crippen MR) is 77.4 cm³/mol. The number of hydrogen-bond acceptors (Lipinski definition) is 4. The monoisotopic (exact) mass is 290 g/mol. The van der Waals surface area contributed by atoms with Crippen LogP contribution in [-0.2, 0) is 20.9 Å². The molecule has 0 aromatic heterocycles. The molecule has 1 aliphatic carbocycles. The van der Waals surface area contributed by atoms with E-state index in [1.807, 2.05) is 30.3 Å². The molecule has 1 N–H and O–H groups in total. The second-order valence-corrected chi connectivity index (χ2v) is 6.67. The molecule has 114 valence electrons. The lowest BCUT2D eigenvalue weighted by Gasteiger charge is -2.60. The first-order valence-corrected chi connectivity index (χ1v) is 7.50. The summed E-state index contributed by atoms with van der Waals surface area (Å²) in [6.07, 6.45) is 0.156. The molecule has 4 nitrogen and oxygen atoms in total. The molecule has 3 rings (SSSR count). The number of benzene rings is 1. The van der Waals surface area contributed by atoms with Crippen molar-refractivity contribution in [3.05, 3.63) is 35.9 Å². The number of carbonyl (C=O) groups is 1. The maximum atomic E-state index is 11.6. The Hall–Kier alpha value is -1.39. The fraction of sp³-hybridized carbons (Fsp3) is 0.588. The largest absolute Gasteiger partial charge is 0.461 e. The van der Waals surface area contributed by atoms with Crippen LogP contribution >= 0.6 is 0 Å². The Kier molecular flexibility index (Phi) is 3.76. The number of aliphatic hydroxyl groups excluding tert-OH is 1. The van der Waals surface area contributed by atoms with Gasteiger partial charge in [-0.3, -0.25) is 4.79 Å². The summed E-state index contributed by atoms with van der Waals surface area (Å²) in [5.74, 6) is -0.152. The molecule has 0 unspecified atom stereocenters. The van der Waals surface area contributed by atoms with Gasteiger partial charge in [0.05, 0.1) is 19.1 Å². The summed E-state index contributed by atoms with van der Waals surface area (Å²) in [6.45, 7) is 4.69. The van der Waals surface area contributed by atoms with Crippen LogP contribution < -0.4 is 0 Å². The molecule has 1 aliphatic heterocycles. The third kappa shape index (κ3) is 2.47. The van der Waals surface area contributed by atoms with Gasteiger partial charge in [-0.05, 0) is 5.56 Å². The van der Waals surface area contributed by atoms with Crippen LogP contribution in [0.2, 0.25) is 0 Å². The van der Waals surface area contributed by atoms with Crippen LogP contribution in [0.25, 0.3) is 0 Å². The minimum atomic E-state index is -0.205. The van der Waals surface area contributed by atoms with Crippen molar-refractivity contribution < 1.29 is 19.4 Å². The van der Waals surface area contributed by atoms with Gasteiger partial charge in [0.2, 0.25) is 0 Å². The molecule has 1 heterocycles. The second kappa shape index (κ2) is 5.43. The van der Waals surface area contributed by atoms with Crippen molar-refractivity contribution >= 4 is 5.97 Å². The van der Waals surface area contributed by atoms with Gasteiger partial charge in [-0.25, -0.2) is 0 Å². The molecule has 2 aliphatic rings. The number of esters is 1. The fourth-order valence-corrected chi connectivity index (χ4v) is 3.73. The highest BCUT2D eigenvalue weighted by atomic mass is 16.6. The second-order valence-electron chi connectivity index (χ2n) is 6.67. The molecule has 21 heavy (non-hydrogen) atoms. The van der Waals surface area contributed by atoms with Crippen molar-refractivity contribution in [1.29, 1.82) is 0 Å². The van der Waals surface area contributed by atoms with Crippen LogP contribution in [0, 0.1) is 17.3 Å². The van der Waals surface area contributed by atoms with Gasteiger partial charge in [0, 0.05) is 23.9 Å². The van der Waals surface area contributed by atoms with E-state index < -0.39 is 0 Å². The molecule has 0 spiro atoms. The standard InChI is InChI=1S/C17H22O4/c1-17(2)15(20-10-11-6-4-3-5-7-11)14-12(9-18)8-13(19)21-16(14)17/h3-7,12,14-16,18H,8-10H2,1-2H3/t12-,14+,15+,16+/m1/s1. The van der Waals surface area contributed by atoms with Crippen molar-refractivity contribution in [3.63, 3.8) is 0 Å². The van der Waals surface area contributed by atoms with Crippen LogP contribution in [0.4, 0.5) is 0 Å². The van der Waals surface area contributed by atoms with Crippen molar-refractivity contribution in [2.75, 3.05) is 6.61 Å². The van der Waals surface area contributed by atoms with E-state index in [-0.39, 0.29) is 42.0 Å². The number of hydrogen-bond donors (Lipinski definition) is 1. The SMILES string of the molecule is CC1(C)[C@@H](OCc2ccccc2)[C@@H]2[C@@H](CO)CC(=O)O[C@@H]21. The molecule has 1 saturated heterocycles. The van der Waals surface area contributed by atoms with Crippen molar-refractivity contribution in [3.8, 4) is 0 Å². The Labute approximate surface area is 125 Å². The van der Waals surface area contributed by atoms with Gasteiger partial charge in [0.25, 0.3) is 0 Å². The van der Waals surface area contributed by atoms with Crippen LogP contribution in [0.1, 0.15) is 25.8 Å². The van der Waals surface area contributed by atoms with E-state index in [4.69, 9.17) is 9.47 Å². The van der Waals surface area contributed by atoms with E-state index in [1.165, 1.54) is 0 Å². The summed E-state index contributed by atoms with van der Waals surface area (Å²) in [4.78, 5) is 11.6. The van der Waals surface area contributed by atoms with Crippen LogP contribution in [0.15, 0.2) is 30.3 Å². The Morgan fingerprint density at radius 3 is 2.71 bits per heavy atom. The first-order chi connectivity index (χ1) is 10.0. The Balaban J connectivity index is 1.71. The quantitative estimate of drug-likeness (QED) is 0.863. The average molecular weight is 290 g/mol. The van der Waals surface area contributed by atoms with Crippen molar-refractivity contribution in [2.45, 2.75) is 39.1 Å². The number of fused-ring (bicyclic) bond motifs is 1. The number of ether oxygens (including phenoxy) is 2. The molecule has 1 aromatic carbocycles. The Morgan fingerprint density at radius 1 is 1.33 bits per heavy atom. The molecule has 1 aromatic rings. The van der Waals surface area contributed by atoms with E-state index in [1.54, 1.807) is 0 Å². The number of carbonyl (C=O) groups excluding carboxylic acids is 1. The molecule has 0 amide bonds. The van der Waals surface area contributed by atoms with Gasteiger partial charge < -0.3 is 14.6 Å². The Bertz CT molecular complexity index is 511. The van der Waals surface area contributed by atoms with Gasteiger partial charge in [-0.1, -0.05) is 44.2 Å². The van der Waals surface area contributed by atoms with E-state index in [0.29, 0.717) is 13.0 Å². The van der Waals surface area contributed by atoms with Crippen molar-refractivity contribution in [2.24, 2.45) is 17.3 Å². The highest BCUT2D eigenvalue weighted by Crippen LogP contribution is 2.55. The van der Waals surface area contributed by atoms with Gasteiger partial charge in [0.1, 0.15) is 6.10 Å². The van der Waals surface area contributed by atoms with E-state index >= 15 is 0 Å². The van der Waals surface area contributed by atoms with Crippen LogP contribution in [0.5, 0.6) is 0 Å². The summed E-state index contributed by atoms with van der Waals surface area (Å²) < 4.78 is 11.6. The molecule has 1 saturated carbocycles. The fourth-order valence-electron chi connectivity index (χ4n) is 3.73. The lowest BCUT2D eigenvalue weighted by Crippen LogP contribution is -2.68. The third-order valence-corrected chi connectivity index (χ3v) is 4.90. The molecule has 4 heteroatoms. The topological polar surface area (TPSA) is 55.8 Å². The number of rotatable bonds is 4. The lowest BCUT2D eigenvalue weighted by molar-refractivity contribution is -0.272. The number of aliphatic hydroxyl groups is 1. The minimum Gasteiger partial charge on any atom is -0.461 e. The zero-order valence-electron chi connectivity index (χ0n) is 12.5. The average Bonchev–Trinajstić information content (AvgIpc) is 2.48. The molecule has 4 atom stereocenters. The van der Waals surface area contributed by atoms with E-state index in [9.17, 15) is 9.90 Å². The predicted octanol–water partition coefficient (Wildman–Crippen LogP) is 2.15. The highest BCUT2D eigenvalue weighted by molar-refractivity contribution is 5.71. The van der Waals surface area contributed by atoms with Gasteiger partial charge in [0.15, 0.2) is 0 Å². The maximum Gasteiger partial charge on any atom is 0.306 e. The van der Waals surface area contributed by atoms with Crippen molar-refractivity contribution in [1.82, 2.24) is 0 Å². The smallest absolute Gasteiger partial charge is 0.306 e. The summed E-state index contributed by atoms with van der Waals surface area (Å²) in [5.41, 5.74) is 0.924. The Morgan fingerprint density at radius 2 is 2.05 bits per heavy atom. The van der Waals surface area contributed by atoms with Crippen LogP contribution in [-0.4, -0.2) is 29.9 Å². The molecule has 2 fully saturated rings. The van der Waals surface area contributed by atoms with E-state index in [0.717, 1.165) is 5.56 Å². The van der Waals surface area contributed by atoms with E-state index in [2.05, 4.69) is 13.8 Å². The van der Waals surface area contributed by atoms with Gasteiger partial charge in [-0.15, -0.1) is 0 Å². The van der Waals surface area contributed by atoms with Gasteiger partial charge in [-0.2, -0.15) is 0 Å². The van der Waals surface area contributed by atoms with Crippen LogP contribution in [0.3, 0.4) is 0 Å². The summed E-state index contributed by atoms with van der Waals surface area (Å²) in [6, 6.07) is 10.0. The summed E-state index contributed by atoms with van der Waals surface area (Å²) in [7, 11) is 0. The lowest BCUT2D eigenvalue weighted by atomic mass is 9.53. The highest BCUT2D eigenvalue weighted by Gasteiger charge is 2.63. The maximum absolute atomic E-state index is 11.6.